The van der Waals surface area contributed by atoms with Gasteiger partial charge in [-0.3, -0.25) is 4.79 Å². The molecule has 0 saturated heterocycles. The van der Waals surface area contributed by atoms with Crippen molar-refractivity contribution in [3.63, 3.8) is 0 Å². The van der Waals surface area contributed by atoms with Crippen LogP contribution >= 0.6 is 0 Å². The Morgan fingerprint density at radius 3 is 2.00 bits per heavy atom. The van der Waals surface area contributed by atoms with Crippen LogP contribution < -0.4 is 10.1 Å². The van der Waals surface area contributed by atoms with Crippen molar-refractivity contribution in [2.45, 2.75) is 19.8 Å². The van der Waals surface area contributed by atoms with Gasteiger partial charge in [0.15, 0.2) is 19.8 Å². The second-order valence-electron chi connectivity index (χ2n) is 5.80. The maximum atomic E-state index is 11.6. The van der Waals surface area contributed by atoms with Gasteiger partial charge < -0.3 is 29.1 Å². The Balaban J connectivity index is 2.11. The lowest BCUT2D eigenvalue weighted by atomic mass is 10.3. The number of anilines is 1. The van der Waals surface area contributed by atoms with Crippen molar-refractivity contribution in [3.05, 3.63) is 34.4 Å². The van der Waals surface area contributed by atoms with Gasteiger partial charge >= 0.3 is 17.9 Å². The van der Waals surface area contributed by atoms with Gasteiger partial charge in [0.25, 0.3) is 5.09 Å². The molecular weight excluding hydrogens is 420 g/mol. The van der Waals surface area contributed by atoms with Crippen LogP contribution in [0.1, 0.15) is 19.8 Å². The minimum atomic E-state index is -0.954. The molecule has 0 bridgehead atoms. The molecule has 0 aromatic heterocycles. The van der Waals surface area contributed by atoms with Gasteiger partial charge in [-0.2, -0.15) is 0 Å². The smallest absolute Gasteiger partial charge is 0.344 e. The van der Waals surface area contributed by atoms with E-state index in [9.17, 15) is 29.3 Å². The van der Waals surface area contributed by atoms with Crippen LogP contribution in [-0.4, -0.2) is 61.9 Å². The highest BCUT2D eigenvalue weighted by Crippen LogP contribution is 2.15. The van der Waals surface area contributed by atoms with Crippen molar-refractivity contribution in [2.24, 2.45) is 0 Å². The van der Waals surface area contributed by atoms with Crippen molar-refractivity contribution in [2.75, 3.05) is 38.4 Å². The molecule has 0 radical (unpaired) electrons. The molecular formula is C18H22N2O11. The Bertz CT molecular complexity index is 764. The molecule has 1 aromatic carbocycles. The van der Waals surface area contributed by atoms with Crippen LogP contribution in [0.2, 0.25) is 0 Å². The Morgan fingerprint density at radius 2 is 1.42 bits per heavy atom. The summed E-state index contributed by atoms with van der Waals surface area (Å²) in [6.07, 6.45) is 0.645. The average molecular weight is 442 g/mol. The Labute approximate surface area is 176 Å². The van der Waals surface area contributed by atoms with Gasteiger partial charge in [0.05, 0.1) is 13.2 Å². The summed E-state index contributed by atoms with van der Waals surface area (Å²) in [5.41, 5.74) is 0.563. The predicted octanol–water partition coefficient (Wildman–Crippen LogP) is 0.642. The van der Waals surface area contributed by atoms with Gasteiger partial charge in [0.2, 0.25) is 5.91 Å². The van der Waals surface area contributed by atoms with E-state index in [2.05, 4.69) is 19.6 Å². The molecule has 0 saturated carbocycles. The van der Waals surface area contributed by atoms with E-state index in [0.717, 1.165) is 0 Å². The fourth-order valence-corrected chi connectivity index (χ4v) is 1.91. The lowest BCUT2D eigenvalue weighted by Crippen LogP contribution is -2.23. The number of carbonyl (C=O) groups is 4. The normalized spacial score (nSPS) is 9.84. The highest BCUT2D eigenvalue weighted by atomic mass is 16.9. The Kier molecular flexibility index (Phi) is 11.5. The van der Waals surface area contributed by atoms with Gasteiger partial charge in [-0.05, 0) is 37.1 Å². The molecule has 1 rings (SSSR count). The maximum Gasteiger partial charge on any atom is 0.344 e. The van der Waals surface area contributed by atoms with E-state index in [1.807, 2.05) is 0 Å². The van der Waals surface area contributed by atoms with E-state index in [1.165, 1.54) is 19.1 Å². The standard InChI is InChI=1S/C18H22N2O11/c1-13(21)19-14-4-6-15(7-5-14)28-10-17(23)30-12-18(24)29-11-16(22)27-8-2-3-9-31-20(25)26/h4-7H,2-3,8-12H2,1H3,(H,19,21). The maximum absolute atomic E-state index is 11.6. The molecule has 13 nitrogen and oxygen atoms in total. The highest BCUT2D eigenvalue weighted by Gasteiger charge is 2.12. The fraction of sp³-hybridized carbons (Fsp3) is 0.444. The summed E-state index contributed by atoms with van der Waals surface area (Å²) in [5, 5.41) is 11.6. The molecule has 0 spiro atoms. The third kappa shape index (κ3) is 13.0. The summed E-state index contributed by atoms with van der Waals surface area (Å²) in [6.45, 7) is -0.606. The molecule has 0 heterocycles. The lowest BCUT2D eigenvalue weighted by molar-refractivity contribution is -0.757. The summed E-state index contributed by atoms with van der Waals surface area (Å²) < 4.78 is 19.2. The molecule has 0 aliphatic heterocycles. The third-order valence-electron chi connectivity index (χ3n) is 3.23. The first-order valence-corrected chi connectivity index (χ1v) is 9.01. The summed E-state index contributed by atoms with van der Waals surface area (Å²) in [5.74, 6) is -2.48. The zero-order chi connectivity index (χ0) is 23.1. The van der Waals surface area contributed by atoms with Crippen molar-refractivity contribution in [3.8, 4) is 5.75 Å². The molecule has 0 aliphatic rings. The molecule has 170 valence electrons. The van der Waals surface area contributed by atoms with E-state index in [0.29, 0.717) is 24.3 Å². The monoisotopic (exact) mass is 442 g/mol. The van der Waals surface area contributed by atoms with E-state index >= 15 is 0 Å². The lowest BCUT2D eigenvalue weighted by Gasteiger charge is -2.08. The summed E-state index contributed by atoms with van der Waals surface area (Å²) in [4.78, 5) is 59.4. The molecule has 0 atom stereocenters. The van der Waals surface area contributed by atoms with Crippen molar-refractivity contribution in [1.29, 1.82) is 0 Å². The summed E-state index contributed by atoms with van der Waals surface area (Å²) in [6, 6.07) is 6.24. The van der Waals surface area contributed by atoms with Crippen LogP contribution in [-0.2, 0) is 38.2 Å². The molecule has 0 fully saturated rings. The van der Waals surface area contributed by atoms with Crippen LogP contribution in [0.25, 0.3) is 0 Å². The molecule has 1 aromatic rings. The zero-order valence-electron chi connectivity index (χ0n) is 16.7. The molecule has 13 heteroatoms. The highest BCUT2D eigenvalue weighted by molar-refractivity contribution is 5.88. The molecule has 1 amide bonds. The number of hydrogen-bond acceptors (Lipinski definition) is 11. The average Bonchev–Trinajstić information content (AvgIpc) is 2.72. The van der Waals surface area contributed by atoms with Crippen LogP contribution in [0.15, 0.2) is 24.3 Å². The topological polar surface area (TPSA) is 170 Å². The van der Waals surface area contributed by atoms with E-state index in [1.54, 1.807) is 12.1 Å². The number of hydrogen-bond donors (Lipinski definition) is 1. The van der Waals surface area contributed by atoms with Gasteiger partial charge in [0.1, 0.15) is 5.75 Å². The van der Waals surface area contributed by atoms with E-state index in [4.69, 9.17) is 9.47 Å². The first-order valence-electron chi connectivity index (χ1n) is 9.01. The number of unbranched alkanes of at least 4 members (excludes halogenated alkanes) is 1. The number of carbonyl (C=O) groups excluding carboxylic acids is 4. The van der Waals surface area contributed by atoms with E-state index in [-0.39, 0.29) is 19.1 Å². The minimum absolute atomic E-state index is 0.0183. The first-order chi connectivity index (χ1) is 14.8. The van der Waals surface area contributed by atoms with Crippen LogP contribution in [0.5, 0.6) is 5.75 Å². The molecule has 31 heavy (non-hydrogen) atoms. The molecule has 0 aliphatic carbocycles. The second-order valence-corrected chi connectivity index (χ2v) is 5.80. The van der Waals surface area contributed by atoms with Gasteiger partial charge in [-0.1, -0.05) is 0 Å². The Hall–Kier alpha value is -3.90. The third-order valence-corrected chi connectivity index (χ3v) is 3.23. The quantitative estimate of drug-likeness (QED) is 0.141. The minimum Gasteiger partial charge on any atom is -0.482 e. The van der Waals surface area contributed by atoms with Crippen LogP contribution in [0.4, 0.5) is 5.69 Å². The number of esters is 3. The fourth-order valence-electron chi connectivity index (χ4n) is 1.91. The molecule has 1 N–H and O–H groups in total. The largest absolute Gasteiger partial charge is 0.482 e. The number of ether oxygens (including phenoxy) is 4. The summed E-state index contributed by atoms with van der Waals surface area (Å²) in [7, 11) is 0. The number of nitrogens with one attached hydrogen (secondary N) is 1. The van der Waals surface area contributed by atoms with Crippen LogP contribution in [0.3, 0.4) is 0 Å². The number of nitrogens with zero attached hydrogens (tertiary/aromatic N) is 1. The van der Waals surface area contributed by atoms with Gasteiger partial charge in [-0.15, -0.1) is 10.1 Å². The predicted molar refractivity (Wildman–Crippen MR) is 101 cm³/mol. The number of rotatable bonds is 14. The van der Waals surface area contributed by atoms with Crippen molar-refractivity contribution in [1.82, 2.24) is 0 Å². The number of benzene rings is 1. The summed E-state index contributed by atoms with van der Waals surface area (Å²) >= 11 is 0. The Morgan fingerprint density at radius 1 is 0.871 bits per heavy atom. The van der Waals surface area contributed by atoms with Crippen molar-refractivity contribution < 1.29 is 48.0 Å². The first kappa shape index (κ1) is 25.1. The van der Waals surface area contributed by atoms with Crippen LogP contribution in [0, 0.1) is 10.1 Å². The second kappa shape index (κ2) is 14.1. The zero-order valence-corrected chi connectivity index (χ0v) is 16.7. The van der Waals surface area contributed by atoms with Gasteiger partial charge in [0, 0.05) is 12.6 Å². The SMILES string of the molecule is CC(=O)Nc1ccc(OCC(=O)OCC(=O)OCC(=O)OCCCCO[N+](=O)[O-])cc1. The van der Waals surface area contributed by atoms with E-state index < -0.39 is 42.8 Å². The van der Waals surface area contributed by atoms with Crippen molar-refractivity contribution >= 4 is 29.5 Å². The number of amides is 1. The van der Waals surface area contributed by atoms with Gasteiger partial charge in [-0.25, -0.2) is 14.4 Å². The molecule has 0 unspecified atom stereocenters.